The number of aromatic amines is 1. The molecule has 8 nitrogen and oxygen atoms in total. The van der Waals surface area contributed by atoms with Gasteiger partial charge in [0.2, 0.25) is 11.7 Å². The number of hydrogen-bond donors (Lipinski definition) is 3. The SMILES string of the molecule is N#CC(C(=O)Nc1ccccc1)C(=O)c1n[nH]c2c1C(c1ccccc1)Sc1c(C(=O)O)cccc1-2. The maximum atomic E-state index is 13.5. The topological polar surface area (TPSA) is 136 Å². The van der Waals surface area contributed by atoms with E-state index in [0.29, 0.717) is 27.4 Å². The molecule has 5 rings (SSSR count). The number of nitrogens with zero attached hydrogens (tertiary/aromatic N) is 2. The minimum Gasteiger partial charge on any atom is -0.478 e. The molecule has 0 radical (unpaired) electrons. The molecule has 9 heteroatoms. The van der Waals surface area contributed by atoms with E-state index in [1.165, 1.54) is 17.8 Å². The maximum Gasteiger partial charge on any atom is 0.336 e. The minimum atomic E-state index is -1.62. The van der Waals surface area contributed by atoms with Crippen LogP contribution < -0.4 is 5.32 Å². The zero-order valence-electron chi connectivity index (χ0n) is 18.6. The van der Waals surface area contributed by atoms with Gasteiger partial charge in [-0.25, -0.2) is 4.79 Å². The molecule has 0 aliphatic carbocycles. The van der Waals surface area contributed by atoms with E-state index in [1.54, 1.807) is 42.5 Å². The van der Waals surface area contributed by atoms with Crippen molar-refractivity contribution in [1.29, 1.82) is 5.26 Å². The molecule has 2 unspecified atom stereocenters. The van der Waals surface area contributed by atoms with Crippen LogP contribution in [0.25, 0.3) is 11.3 Å². The van der Waals surface area contributed by atoms with E-state index in [2.05, 4.69) is 15.5 Å². The summed E-state index contributed by atoms with van der Waals surface area (Å²) in [4.78, 5) is 38.9. The second kappa shape index (κ2) is 9.52. The van der Waals surface area contributed by atoms with Crippen molar-refractivity contribution in [2.24, 2.45) is 5.92 Å². The lowest BCUT2D eigenvalue weighted by Gasteiger charge is -2.26. The number of nitriles is 1. The monoisotopic (exact) mass is 494 g/mol. The van der Waals surface area contributed by atoms with Crippen LogP contribution in [0, 0.1) is 17.2 Å². The van der Waals surface area contributed by atoms with Gasteiger partial charge in [0.05, 0.1) is 22.6 Å². The summed E-state index contributed by atoms with van der Waals surface area (Å²) in [5, 5.41) is 28.7. The maximum absolute atomic E-state index is 13.5. The van der Waals surface area contributed by atoms with Crippen LogP contribution in [-0.2, 0) is 4.79 Å². The number of fused-ring (bicyclic) bond motifs is 3. The van der Waals surface area contributed by atoms with E-state index in [4.69, 9.17) is 0 Å². The highest BCUT2D eigenvalue weighted by Gasteiger charge is 2.39. The number of carbonyl (C=O) groups is 3. The number of para-hydroxylation sites is 1. The Bertz CT molecular complexity index is 1530. The molecule has 0 saturated heterocycles. The highest BCUT2D eigenvalue weighted by Crippen LogP contribution is 2.53. The predicted molar refractivity (Wildman–Crippen MR) is 134 cm³/mol. The van der Waals surface area contributed by atoms with Crippen LogP contribution in [0.2, 0.25) is 0 Å². The first-order chi connectivity index (χ1) is 17.5. The smallest absolute Gasteiger partial charge is 0.336 e. The standard InChI is InChI=1S/C27H18N4O4S/c28-14-19(26(33)29-16-10-5-2-6-11-16)23(32)22-20-21(30-31-22)17-12-7-13-18(27(34)35)25(17)36-24(20)15-8-3-1-4-9-15/h1-13,19,24H,(H,29,33)(H,30,31)(H,34,35). The zero-order valence-corrected chi connectivity index (χ0v) is 19.5. The second-order valence-corrected chi connectivity index (χ2v) is 9.15. The Balaban J connectivity index is 1.61. The number of rotatable bonds is 6. The van der Waals surface area contributed by atoms with E-state index in [1.807, 2.05) is 36.4 Å². The summed E-state index contributed by atoms with van der Waals surface area (Å²) in [5.74, 6) is -4.17. The molecule has 3 N–H and O–H groups in total. The molecule has 2 atom stereocenters. The first-order valence-corrected chi connectivity index (χ1v) is 11.8. The van der Waals surface area contributed by atoms with Gasteiger partial charge in [-0.1, -0.05) is 60.7 Å². The van der Waals surface area contributed by atoms with E-state index in [0.717, 1.165) is 5.56 Å². The molecule has 36 heavy (non-hydrogen) atoms. The predicted octanol–water partition coefficient (Wildman–Crippen LogP) is 4.93. The number of carbonyl (C=O) groups excluding carboxylic acids is 2. The molecule has 1 aromatic heterocycles. The van der Waals surface area contributed by atoms with Crippen molar-refractivity contribution in [2.45, 2.75) is 10.1 Å². The quantitative estimate of drug-likeness (QED) is 0.255. The molecule has 3 aromatic carbocycles. The van der Waals surface area contributed by atoms with Gasteiger partial charge in [-0.3, -0.25) is 14.7 Å². The van der Waals surface area contributed by atoms with Gasteiger partial charge < -0.3 is 10.4 Å². The normalized spacial score (nSPS) is 14.6. The molecule has 0 saturated carbocycles. The summed E-state index contributed by atoms with van der Waals surface area (Å²) in [6, 6.07) is 24.6. The Hall–Kier alpha value is -4.68. The van der Waals surface area contributed by atoms with Crippen LogP contribution >= 0.6 is 11.8 Å². The van der Waals surface area contributed by atoms with Gasteiger partial charge in [0, 0.05) is 21.7 Å². The highest BCUT2D eigenvalue weighted by atomic mass is 32.2. The molecule has 1 aliphatic heterocycles. The number of benzene rings is 3. The Morgan fingerprint density at radius 1 is 1.00 bits per heavy atom. The number of amides is 1. The average Bonchev–Trinajstić information content (AvgIpc) is 3.35. The average molecular weight is 495 g/mol. The number of ketones is 1. The van der Waals surface area contributed by atoms with Gasteiger partial charge in [0.15, 0.2) is 5.92 Å². The Kier molecular flexibility index (Phi) is 6.10. The number of hydrogen-bond acceptors (Lipinski definition) is 6. The number of aromatic nitrogens is 2. The van der Waals surface area contributed by atoms with Crippen molar-refractivity contribution in [3.63, 3.8) is 0 Å². The minimum absolute atomic E-state index is 0.0208. The Morgan fingerprint density at radius 3 is 2.36 bits per heavy atom. The summed E-state index contributed by atoms with van der Waals surface area (Å²) >= 11 is 1.30. The highest BCUT2D eigenvalue weighted by molar-refractivity contribution is 8.00. The zero-order chi connectivity index (χ0) is 25.2. The van der Waals surface area contributed by atoms with Crippen molar-refractivity contribution >= 4 is 35.1 Å². The molecule has 4 aromatic rings. The molecule has 1 aliphatic rings. The number of anilines is 1. The first-order valence-electron chi connectivity index (χ1n) is 11.0. The molecular weight excluding hydrogens is 476 g/mol. The van der Waals surface area contributed by atoms with E-state index in [-0.39, 0.29) is 11.3 Å². The van der Waals surface area contributed by atoms with Crippen LogP contribution in [0.3, 0.4) is 0 Å². The molecule has 0 fully saturated rings. The van der Waals surface area contributed by atoms with Crippen molar-refractivity contribution in [1.82, 2.24) is 10.2 Å². The number of carboxylic acids is 1. The molecular formula is C27H18N4O4S. The Morgan fingerprint density at radius 2 is 1.69 bits per heavy atom. The number of Topliss-reactive ketones (excluding diaryl/α,β-unsaturated/α-hetero) is 1. The van der Waals surface area contributed by atoms with E-state index in [9.17, 15) is 24.8 Å². The van der Waals surface area contributed by atoms with Gasteiger partial charge in [0.1, 0.15) is 5.69 Å². The molecule has 2 heterocycles. The third-order valence-electron chi connectivity index (χ3n) is 5.85. The van der Waals surface area contributed by atoms with E-state index < -0.39 is 28.8 Å². The van der Waals surface area contributed by atoms with Gasteiger partial charge in [0.25, 0.3) is 0 Å². The summed E-state index contributed by atoms with van der Waals surface area (Å²) in [5.41, 5.74) is 3.01. The van der Waals surface area contributed by atoms with Gasteiger partial charge in [-0.15, -0.1) is 11.8 Å². The molecule has 1 amide bonds. The molecule has 0 bridgehead atoms. The van der Waals surface area contributed by atoms with Crippen molar-refractivity contribution in [3.8, 4) is 17.3 Å². The first kappa shape index (κ1) is 23.1. The third kappa shape index (κ3) is 4.04. The number of nitrogens with one attached hydrogen (secondary N) is 2. The lowest BCUT2D eigenvalue weighted by molar-refractivity contribution is -0.117. The second-order valence-electron chi connectivity index (χ2n) is 8.04. The van der Waals surface area contributed by atoms with Gasteiger partial charge in [-0.2, -0.15) is 10.4 Å². The summed E-state index contributed by atoms with van der Waals surface area (Å²) < 4.78 is 0. The Labute approximate surface area is 210 Å². The fraction of sp³-hybridized carbons (Fsp3) is 0.0741. The summed E-state index contributed by atoms with van der Waals surface area (Å²) in [6.45, 7) is 0. The van der Waals surface area contributed by atoms with Crippen LogP contribution in [-0.4, -0.2) is 33.0 Å². The number of carboxylic acid groups (broad SMARTS) is 1. The number of aromatic carboxylic acids is 1. The number of thioether (sulfide) groups is 1. The number of H-pyrrole nitrogens is 1. The lowest BCUT2D eigenvalue weighted by Crippen LogP contribution is -2.29. The fourth-order valence-corrected chi connectivity index (χ4v) is 5.63. The largest absolute Gasteiger partial charge is 0.478 e. The van der Waals surface area contributed by atoms with Crippen molar-refractivity contribution in [3.05, 3.63) is 101 Å². The fourth-order valence-electron chi connectivity index (χ4n) is 4.18. The van der Waals surface area contributed by atoms with Gasteiger partial charge in [-0.05, 0) is 23.8 Å². The van der Waals surface area contributed by atoms with Crippen molar-refractivity contribution < 1.29 is 19.5 Å². The van der Waals surface area contributed by atoms with Crippen LogP contribution in [0.4, 0.5) is 5.69 Å². The van der Waals surface area contributed by atoms with E-state index >= 15 is 0 Å². The third-order valence-corrected chi connectivity index (χ3v) is 7.27. The summed E-state index contributed by atoms with van der Waals surface area (Å²) in [6.07, 6.45) is 0. The van der Waals surface area contributed by atoms with Crippen LogP contribution in [0.15, 0.2) is 83.8 Å². The van der Waals surface area contributed by atoms with Gasteiger partial charge >= 0.3 is 5.97 Å². The lowest BCUT2D eigenvalue weighted by atomic mass is 9.92. The molecule has 0 spiro atoms. The van der Waals surface area contributed by atoms with Crippen LogP contribution in [0.5, 0.6) is 0 Å². The molecule has 176 valence electrons. The van der Waals surface area contributed by atoms with Crippen molar-refractivity contribution in [2.75, 3.05) is 5.32 Å². The van der Waals surface area contributed by atoms with Crippen LogP contribution in [0.1, 0.15) is 37.2 Å². The summed E-state index contributed by atoms with van der Waals surface area (Å²) in [7, 11) is 0.